The van der Waals surface area contributed by atoms with Gasteiger partial charge in [0.1, 0.15) is 5.76 Å². The molecule has 3 rings (SSSR count). The molecular weight excluding hydrogens is 368 g/mol. The van der Waals surface area contributed by atoms with Crippen LogP contribution in [0.2, 0.25) is 0 Å². The summed E-state index contributed by atoms with van der Waals surface area (Å²) in [4.78, 5) is 28.9. The molecule has 1 fully saturated rings. The van der Waals surface area contributed by atoms with E-state index in [1.165, 1.54) is 0 Å². The summed E-state index contributed by atoms with van der Waals surface area (Å²) in [7, 11) is 3.70. The number of likely N-dealkylation sites (tertiary alicyclic amines) is 1. The molecular formula is C22H30N4O3. The molecule has 2 aromatic rings. The van der Waals surface area contributed by atoms with E-state index in [4.69, 9.17) is 4.42 Å². The lowest BCUT2D eigenvalue weighted by Crippen LogP contribution is -2.37. The number of hydrogen-bond donors (Lipinski definition) is 2. The van der Waals surface area contributed by atoms with Gasteiger partial charge in [-0.05, 0) is 76.8 Å². The highest BCUT2D eigenvalue weighted by atomic mass is 16.3. The molecule has 156 valence electrons. The minimum Gasteiger partial charge on any atom is -0.468 e. The van der Waals surface area contributed by atoms with Gasteiger partial charge in [0, 0.05) is 17.3 Å². The van der Waals surface area contributed by atoms with Crippen molar-refractivity contribution in [1.29, 1.82) is 0 Å². The van der Waals surface area contributed by atoms with Crippen molar-refractivity contribution in [3.63, 3.8) is 0 Å². The third kappa shape index (κ3) is 6.17. The summed E-state index contributed by atoms with van der Waals surface area (Å²) >= 11 is 0. The van der Waals surface area contributed by atoms with Gasteiger partial charge in [0.15, 0.2) is 0 Å². The van der Waals surface area contributed by atoms with Crippen LogP contribution < -0.4 is 10.6 Å². The highest BCUT2D eigenvalue weighted by Gasteiger charge is 2.25. The Balaban J connectivity index is 1.53. The van der Waals surface area contributed by atoms with Crippen LogP contribution in [0.4, 0.5) is 11.4 Å². The quantitative estimate of drug-likeness (QED) is 0.750. The maximum Gasteiger partial charge on any atom is 0.238 e. The van der Waals surface area contributed by atoms with Crippen LogP contribution in [-0.2, 0) is 16.1 Å². The number of hydrogen-bond acceptors (Lipinski definition) is 5. The van der Waals surface area contributed by atoms with Gasteiger partial charge in [-0.1, -0.05) is 6.07 Å². The molecule has 1 aliphatic rings. The van der Waals surface area contributed by atoms with Gasteiger partial charge in [-0.25, -0.2) is 0 Å². The largest absolute Gasteiger partial charge is 0.468 e. The molecule has 0 radical (unpaired) electrons. The normalized spacial score (nSPS) is 15.4. The number of piperidine rings is 1. The van der Waals surface area contributed by atoms with Gasteiger partial charge in [0.25, 0.3) is 0 Å². The van der Waals surface area contributed by atoms with Crippen molar-refractivity contribution in [3.8, 4) is 0 Å². The fourth-order valence-corrected chi connectivity index (χ4v) is 3.53. The Hall–Kier alpha value is -2.64. The van der Waals surface area contributed by atoms with E-state index in [2.05, 4.69) is 15.5 Å². The average Bonchev–Trinajstić information content (AvgIpc) is 3.17. The number of aryl methyl sites for hydroxylation is 1. The van der Waals surface area contributed by atoms with Crippen LogP contribution >= 0.6 is 0 Å². The second-order valence-corrected chi connectivity index (χ2v) is 7.93. The molecule has 7 nitrogen and oxygen atoms in total. The molecule has 2 N–H and O–H groups in total. The van der Waals surface area contributed by atoms with Gasteiger partial charge in [-0.15, -0.1) is 0 Å². The Bertz CT molecular complexity index is 825. The van der Waals surface area contributed by atoms with E-state index in [1.54, 1.807) is 6.26 Å². The summed E-state index contributed by atoms with van der Waals surface area (Å²) in [5.41, 5.74) is 2.40. The zero-order chi connectivity index (χ0) is 20.8. The van der Waals surface area contributed by atoms with Crippen molar-refractivity contribution in [2.45, 2.75) is 26.3 Å². The van der Waals surface area contributed by atoms with Gasteiger partial charge in [0.2, 0.25) is 11.8 Å². The zero-order valence-electron chi connectivity index (χ0n) is 17.4. The number of likely N-dealkylation sites (N-methyl/N-ethyl adjacent to an activating group) is 1. The molecule has 1 aromatic carbocycles. The Morgan fingerprint density at radius 1 is 1.17 bits per heavy atom. The van der Waals surface area contributed by atoms with Crippen molar-refractivity contribution >= 4 is 23.2 Å². The van der Waals surface area contributed by atoms with Gasteiger partial charge < -0.3 is 20.0 Å². The van der Waals surface area contributed by atoms with Gasteiger partial charge in [-0.2, -0.15) is 0 Å². The predicted molar refractivity (Wildman–Crippen MR) is 114 cm³/mol. The zero-order valence-corrected chi connectivity index (χ0v) is 17.4. The molecule has 7 heteroatoms. The first kappa shape index (κ1) is 21.1. The minimum atomic E-state index is -0.0833. The molecule has 1 aromatic heterocycles. The topological polar surface area (TPSA) is 77.8 Å². The lowest BCUT2D eigenvalue weighted by Gasteiger charge is -2.30. The number of furan rings is 1. The number of nitrogens with one attached hydrogen (secondary N) is 2. The van der Waals surface area contributed by atoms with E-state index in [1.807, 2.05) is 56.3 Å². The van der Waals surface area contributed by atoms with E-state index in [9.17, 15) is 9.59 Å². The van der Waals surface area contributed by atoms with Crippen molar-refractivity contribution in [1.82, 2.24) is 9.80 Å². The van der Waals surface area contributed by atoms with E-state index in [0.717, 1.165) is 49.5 Å². The van der Waals surface area contributed by atoms with Crippen LogP contribution in [-0.4, -0.2) is 55.3 Å². The number of amides is 2. The van der Waals surface area contributed by atoms with E-state index >= 15 is 0 Å². The number of carbonyl (C=O) groups excluding carboxylic acids is 2. The first-order chi connectivity index (χ1) is 13.9. The maximum atomic E-state index is 12.8. The third-order valence-electron chi connectivity index (χ3n) is 5.16. The highest BCUT2D eigenvalue weighted by molar-refractivity contribution is 5.96. The first-order valence-corrected chi connectivity index (χ1v) is 10.0. The molecule has 0 unspecified atom stereocenters. The Morgan fingerprint density at radius 3 is 2.59 bits per heavy atom. The van der Waals surface area contributed by atoms with Gasteiger partial charge in [0.05, 0.1) is 19.4 Å². The van der Waals surface area contributed by atoms with Crippen molar-refractivity contribution in [2.75, 3.05) is 44.4 Å². The van der Waals surface area contributed by atoms with Crippen LogP contribution in [0.5, 0.6) is 0 Å². The molecule has 0 saturated carbocycles. The molecule has 0 atom stereocenters. The van der Waals surface area contributed by atoms with E-state index in [0.29, 0.717) is 12.2 Å². The minimum absolute atomic E-state index is 0.00533. The third-order valence-corrected chi connectivity index (χ3v) is 5.16. The van der Waals surface area contributed by atoms with Crippen molar-refractivity contribution in [3.05, 3.63) is 47.9 Å². The molecule has 29 heavy (non-hydrogen) atoms. The molecule has 0 bridgehead atoms. The Labute approximate surface area is 172 Å². The summed E-state index contributed by atoms with van der Waals surface area (Å²) in [5.74, 6) is 0.911. The number of benzene rings is 1. The van der Waals surface area contributed by atoms with Crippen molar-refractivity contribution in [2.24, 2.45) is 5.92 Å². The van der Waals surface area contributed by atoms with Crippen LogP contribution in [0.15, 0.2) is 41.0 Å². The second kappa shape index (κ2) is 9.71. The summed E-state index contributed by atoms with van der Waals surface area (Å²) < 4.78 is 5.41. The highest BCUT2D eigenvalue weighted by Crippen LogP contribution is 2.24. The standard InChI is InChI=1S/C22H30N4O3/c1-16-6-7-18(23-21(27)15-25(2)3)13-20(16)24-22(28)17-8-10-26(11-9-17)14-19-5-4-12-29-19/h4-7,12-13,17H,8-11,14-15H2,1-3H3,(H,23,27)(H,24,28). The molecule has 0 aliphatic carbocycles. The number of nitrogens with zero attached hydrogens (tertiary/aromatic N) is 2. The molecule has 2 heterocycles. The van der Waals surface area contributed by atoms with Gasteiger partial charge in [-0.3, -0.25) is 14.5 Å². The lowest BCUT2D eigenvalue weighted by molar-refractivity contribution is -0.121. The number of rotatable bonds is 7. The van der Waals surface area contributed by atoms with Crippen LogP contribution in [0.25, 0.3) is 0 Å². The SMILES string of the molecule is Cc1ccc(NC(=O)CN(C)C)cc1NC(=O)C1CCN(Cc2ccco2)CC1. The maximum absolute atomic E-state index is 12.8. The fraction of sp³-hybridized carbons (Fsp3) is 0.455. The van der Waals surface area contributed by atoms with E-state index in [-0.39, 0.29) is 17.7 Å². The van der Waals surface area contributed by atoms with Crippen LogP contribution in [0, 0.1) is 12.8 Å². The number of carbonyl (C=O) groups is 2. The van der Waals surface area contributed by atoms with Crippen molar-refractivity contribution < 1.29 is 14.0 Å². The molecule has 0 spiro atoms. The van der Waals surface area contributed by atoms with E-state index < -0.39 is 0 Å². The predicted octanol–water partition coefficient (Wildman–Crippen LogP) is 2.94. The summed E-state index contributed by atoms with van der Waals surface area (Å²) in [6.07, 6.45) is 3.34. The fourth-order valence-electron chi connectivity index (χ4n) is 3.53. The summed E-state index contributed by atoms with van der Waals surface area (Å²) in [5, 5.41) is 5.93. The van der Waals surface area contributed by atoms with Crippen LogP contribution in [0.3, 0.4) is 0 Å². The summed E-state index contributed by atoms with van der Waals surface area (Å²) in [6, 6.07) is 9.46. The average molecular weight is 399 g/mol. The first-order valence-electron chi connectivity index (χ1n) is 10.0. The van der Waals surface area contributed by atoms with Crippen LogP contribution in [0.1, 0.15) is 24.2 Å². The Morgan fingerprint density at radius 2 is 1.93 bits per heavy atom. The monoisotopic (exact) mass is 398 g/mol. The molecule has 2 amide bonds. The second-order valence-electron chi connectivity index (χ2n) is 7.93. The smallest absolute Gasteiger partial charge is 0.238 e. The Kier molecular flexibility index (Phi) is 7.06. The van der Waals surface area contributed by atoms with Gasteiger partial charge >= 0.3 is 0 Å². The number of anilines is 2. The molecule has 1 aliphatic heterocycles. The molecule has 1 saturated heterocycles. The lowest BCUT2D eigenvalue weighted by atomic mass is 9.95. The summed E-state index contributed by atoms with van der Waals surface area (Å²) in [6.45, 7) is 4.80.